The number of hydrogen-bond acceptors (Lipinski definition) is 4. The van der Waals surface area contributed by atoms with E-state index >= 15 is 0 Å². The highest BCUT2D eigenvalue weighted by Crippen LogP contribution is 2.17. The van der Waals surface area contributed by atoms with Crippen molar-refractivity contribution in [2.45, 2.75) is 32.1 Å². The summed E-state index contributed by atoms with van der Waals surface area (Å²) in [5.41, 5.74) is 2.19. The van der Waals surface area contributed by atoms with Gasteiger partial charge in [0.15, 0.2) is 0 Å². The zero-order valence-corrected chi connectivity index (χ0v) is 12.9. The molecule has 2 aliphatic heterocycles. The van der Waals surface area contributed by atoms with E-state index < -0.39 is 0 Å². The lowest BCUT2D eigenvalue weighted by Gasteiger charge is -2.35. The van der Waals surface area contributed by atoms with Crippen LogP contribution in [-0.2, 0) is 22.7 Å². The third-order valence-corrected chi connectivity index (χ3v) is 4.50. The Hall–Kier alpha value is -1.43. The Labute approximate surface area is 131 Å². The SMILES string of the molecule is O=C(C1CCCO1)N1CCN(Cc2ccc(CO)cc2)CC1. The summed E-state index contributed by atoms with van der Waals surface area (Å²) in [4.78, 5) is 16.6. The summed E-state index contributed by atoms with van der Waals surface area (Å²) in [5, 5.41) is 9.06. The fraction of sp³-hybridized carbons (Fsp3) is 0.588. The van der Waals surface area contributed by atoms with Crippen LogP contribution in [0.4, 0.5) is 0 Å². The molecule has 1 atom stereocenters. The smallest absolute Gasteiger partial charge is 0.251 e. The minimum atomic E-state index is -0.197. The number of hydrogen-bond donors (Lipinski definition) is 1. The van der Waals surface area contributed by atoms with Gasteiger partial charge in [0, 0.05) is 39.3 Å². The predicted octanol–water partition coefficient (Wildman–Crippen LogP) is 1.00. The number of carbonyl (C=O) groups excluding carboxylic acids is 1. The van der Waals surface area contributed by atoms with Crippen LogP contribution in [-0.4, -0.2) is 59.7 Å². The van der Waals surface area contributed by atoms with E-state index in [1.54, 1.807) is 0 Å². The van der Waals surface area contributed by atoms with E-state index in [1.807, 2.05) is 17.0 Å². The summed E-state index contributed by atoms with van der Waals surface area (Å²) < 4.78 is 5.49. The van der Waals surface area contributed by atoms with Gasteiger partial charge in [0.1, 0.15) is 6.10 Å². The Bertz CT molecular complexity index is 489. The molecule has 1 aromatic carbocycles. The molecule has 0 aliphatic carbocycles. The van der Waals surface area contributed by atoms with Crippen LogP contribution in [0.2, 0.25) is 0 Å². The lowest BCUT2D eigenvalue weighted by molar-refractivity contribution is -0.142. The van der Waals surface area contributed by atoms with Gasteiger partial charge in [0.25, 0.3) is 5.91 Å². The van der Waals surface area contributed by atoms with Gasteiger partial charge in [-0.3, -0.25) is 9.69 Å². The summed E-state index contributed by atoms with van der Waals surface area (Å²) in [6.07, 6.45) is 1.67. The van der Waals surface area contributed by atoms with Crippen molar-refractivity contribution in [3.05, 3.63) is 35.4 Å². The Morgan fingerprint density at radius 1 is 1.14 bits per heavy atom. The molecule has 120 valence electrons. The van der Waals surface area contributed by atoms with Crippen LogP contribution in [0.1, 0.15) is 24.0 Å². The molecule has 0 bridgehead atoms. The number of nitrogens with zero attached hydrogens (tertiary/aromatic N) is 2. The van der Waals surface area contributed by atoms with Crippen molar-refractivity contribution in [2.24, 2.45) is 0 Å². The third-order valence-electron chi connectivity index (χ3n) is 4.50. The monoisotopic (exact) mass is 304 g/mol. The predicted molar refractivity (Wildman–Crippen MR) is 83.2 cm³/mol. The van der Waals surface area contributed by atoms with Gasteiger partial charge in [-0.15, -0.1) is 0 Å². The minimum absolute atomic E-state index is 0.0876. The van der Waals surface area contributed by atoms with Crippen LogP contribution in [0.5, 0.6) is 0 Å². The van der Waals surface area contributed by atoms with E-state index in [0.29, 0.717) is 0 Å². The first-order valence-corrected chi connectivity index (χ1v) is 8.07. The van der Waals surface area contributed by atoms with Crippen molar-refractivity contribution in [1.82, 2.24) is 9.80 Å². The second-order valence-electron chi connectivity index (χ2n) is 6.08. The topological polar surface area (TPSA) is 53.0 Å². The summed E-state index contributed by atoms with van der Waals surface area (Å²) in [6.45, 7) is 5.08. The van der Waals surface area contributed by atoms with Gasteiger partial charge < -0.3 is 14.7 Å². The Kier molecular flexibility index (Phi) is 5.08. The number of carbonyl (C=O) groups is 1. The van der Waals surface area contributed by atoms with Crippen LogP contribution in [0.3, 0.4) is 0 Å². The van der Waals surface area contributed by atoms with Gasteiger partial charge >= 0.3 is 0 Å². The molecule has 2 saturated heterocycles. The van der Waals surface area contributed by atoms with Crippen LogP contribution in [0.25, 0.3) is 0 Å². The first-order chi connectivity index (χ1) is 10.8. The molecule has 0 saturated carbocycles. The summed E-state index contributed by atoms with van der Waals surface area (Å²) in [5.74, 6) is 0.171. The van der Waals surface area contributed by atoms with E-state index in [9.17, 15) is 4.79 Å². The molecule has 3 rings (SSSR count). The highest BCUT2D eigenvalue weighted by molar-refractivity contribution is 5.81. The highest BCUT2D eigenvalue weighted by atomic mass is 16.5. The first-order valence-electron chi connectivity index (χ1n) is 8.07. The fourth-order valence-corrected chi connectivity index (χ4v) is 3.11. The molecule has 2 aliphatic rings. The molecule has 5 heteroatoms. The molecule has 2 heterocycles. The van der Waals surface area contributed by atoms with Gasteiger partial charge in [-0.05, 0) is 24.0 Å². The molecule has 2 fully saturated rings. The molecular weight excluding hydrogens is 280 g/mol. The standard InChI is InChI=1S/C17H24N2O3/c20-13-15-5-3-14(4-6-15)12-18-7-9-19(10-8-18)17(21)16-2-1-11-22-16/h3-6,16,20H,1-2,7-13H2. The number of ether oxygens (including phenoxy) is 1. The van der Waals surface area contributed by atoms with E-state index in [2.05, 4.69) is 17.0 Å². The second-order valence-corrected chi connectivity index (χ2v) is 6.08. The largest absolute Gasteiger partial charge is 0.392 e. The molecule has 1 N–H and O–H groups in total. The van der Waals surface area contributed by atoms with Gasteiger partial charge in [-0.2, -0.15) is 0 Å². The van der Waals surface area contributed by atoms with Gasteiger partial charge in [-0.1, -0.05) is 24.3 Å². The maximum Gasteiger partial charge on any atom is 0.251 e. The maximum absolute atomic E-state index is 12.3. The van der Waals surface area contributed by atoms with Crippen LogP contribution < -0.4 is 0 Å². The highest BCUT2D eigenvalue weighted by Gasteiger charge is 2.30. The Balaban J connectivity index is 1.47. The normalized spacial score (nSPS) is 23.0. The van der Waals surface area contributed by atoms with Crippen molar-refractivity contribution in [3.63, 3.8) is 0 Å². The van der Waals surface area contributed by atoms with Crippen molar-refractivity contribution in [1.29, 1.82) is 0 Å². The van der Waals surface area contributed by atoms with Crippen LogP contribution >= 0.6 is 0 Å². The molecule has 0 spiro atoms. The molecule has 1 unspecified atom stereocenters. The summed E-state index contributed by atoms with van der Waals surface area (Å²) in [6, 6.07) is 8.06. The Morgan fingerprint density at radius 2 is 1.82 bits per heavy atom. The van der Waals surface area contributed by atoms with Crippen molar-refractivity contribution in [2.75, 3.05) is 32.8 Å². The molecule has 5 nitrogen and oxygen atoms in total. The first kappa shape index (κ1) is 15.5. The number of aliphatic hydroxyl groups is 1. The fourth-order valence-electron chi connectivity index (χ4n) is 3.11. The van der Waals surface area contributed by atoms with Gasteiger partial charge in [0.2, 0.25) is 0 Å². The zero-order valence-electron chi connectivity index (χ0n) is 12.9. The molecular formula is C17H24N2O3. The summed E-state index contributed by atoms with van der Waals surface area (Å²) >= 11 is 0. The number of benzene rings is 1. The number of rotatable bonds is 4. The molecule has 1 amide bonds. The lowest BCUT2D eigenvalue weighted by Crippen LogP contribution is -2.51. The lowest BCUT2D eigenvalue weighted by atomic mass is 10.1. The van der Waals surface area contributed by atoms with Gasteiger partial charge in [0.05, 0.1) is 6.61 Å². The van der Waals surface area contributed by atoms with Crippen molar-refractivity contribution >= 4 is 5.91 Å². The molecule has 0 radical (unpaired) electrons. The van der Waals surface area contributed by atoms with Crippen molar-refractivity contribution in [3.8, 4) is 0 Å². The number of aliphatic hydroxyl groups excluding tert-OH is 1. The molecule has 0 aromatic heterocycles. The molecule has 1 aromatic rings. The van der Waals surface area contributed by atoms with E-state index in [1.165, 1.54) is 5.56 Å². The second kappa shape index (κ2) is 7.22. The number of piperazine rings is 1. The minimum Gasteiger partial charge on any atom is -0.392 e. The average molecular weight is 304 g/mol. The van der Waals surface area contributed by atoms with Crippen molar-refractivity contribution < 1.29 is 14.6 Å². The quantitative estimate of drug-likeness (QED) is 0.902. The summed E-state index contributed by atoms with van der Waals surface area (Å²) in [7, 11) is 0. The average Bonchev–Trinajstić information content (AvgIpc) is 3.10. The van der Waals surface area contributed by atoms with Crippen LogP contribution in [0, 0.1) is 0 Å². The van der Waals surface area contributed by atoms with Crippen LogP contribution in [0.15, 0.2) is 24.3 Å². The van der Waals surface area contributed by atoms with E-state index in [-0.39, 0.29) is 18.6 Å². The Morgan fingerprint density at radius 3 is 2.41 bits per heavy atom. The maximum atomic E-state index is 12.3. The molecule has 22 heavy (non-hydrogen) atoms. The zero-order chi connectivity index (χ0) is 15.4. The number of amides is 1. The van der Waals surface area contributed by atoms with E-state index in [0.717, 1.165) is 57.7 Å². The third kappa shape index (κ3) is 3.66. The van der Waals surface area contributed by atoms with Gasteiger partial charge in [-0.25, -0.2) is 0 Å². The van der Waals surface area contributed by atoms with E-state index in [4.69, 9.17) is 9.84 Å².